The molecule has 0 aliphatic carbocycles. The van der Waals surface area contributed by atoms with Gasteiger partial charge in [-0.2, -0.15) is 8.42 Å². The molecule has 48 valence electrons. The van der Waals surface area contributed by atoms with E-state index in [2.05, 4.69) is 3.63 Å². The summed E-state index contributed by atoms with van der Waals surface area (Å²) in [7, 11) is 0. The first-order valence-corrected chi connectivity index (χ1v) is 3.10. The second kappa shape index (κ2) is 5.48. The van der Waals surface area contributed by atoms with Crippen LogP contribution < -0.4 is 0 Å². The van der Waals surface area contributed by atoms with Crippen LogP contribution in [0.1, 0.15) is 2.85 Å². The van der Waals surface area contributed by atoms with Gasteiger partial charge in [0.15, 0.2) is 0 Å². The molecule has 0 saturated heterocycles. The predicted molar refractivity (Wildman–Crippen MR) is 30.6 cm³/mol. The molecule has 0 spiro atoms. The molecule has 0 fully saturated rings. The third-order valence-electron chi connectivity index (χ3n) is 0.116. The first-order chi connectivity index (χ1) is 3.13. The minimum absolute atomic E-state index is 0. The van der Waals surface area contributed by atoms with Crippen molar-refractivity contribution in [2.45, 2.75) is 0 Å². The molecule has 2 N–H and O–H groups in total. The fraction of sp³-hybridized carbons (Fsp3) is 0. The van der Waals surface area contributed by atoms with Crippen molar-refractivity contribution in [3.05, 3.63) is 0 Å². The third-order valence-corrected chi connectivity index (χ3v) is 1.05. The maximum absolute atomic E-state index is 9.35. The van der Waals surface area contributed by atoms with E-state index < -0.39 is 22.7 Å². The summed E-state index contributed by atoms with van der Waals surface area (Å²) in [6, 6.07) is 0. The van der Waals surface area contributed by atoms with Crippen LogP contribution in [0.25, 0.3) is 0 Å². The van der Waals surface area contributed by atoms with E-state index in [9.17, 15) is 8.42 Å². The van der Waals surface area contributed by atoms with Crippen molar-refractivity contribution in [1.82, 2.24) is 0 Å². The van der Waals surface area contributed by atoms with Crippen molar-refractivity contribution in [2.75, 3.05) is 0 Å². The second-order valence-corrected chi connectivity index (χ2v) is 1.92. The molecule has 8 heavy (non-hydrogen) atoms. The largest absolute Gasteiger partial charge is 2.00 e. The molecule has 0 aromatic heterocycles. The molecule has 0 aromatic rings. The van der Waals surface area contributed by atoms with Crippen LogP contribution in [0.3, 0.4) is 0 Å². The molecule has 0 bridgehead atoms. The molecule has 0 unspecified atom stereocenters. The Morgan fingerprint density at radius 3 is 1.50 bits per heavy atom. The molecular formula is H4BeO5S2. The summed E-state index contributed by atoms with van der Waals surface area (Å²) in [5.41, 5.74) is 0. The van der Waals surface area contributed by atoms with Gasteiger partial charge in [-0.25, -0.2) is 0 Å². The fourth-order valence-electron chi connectivity index (χ4n) is 0.0498. The Balaban J connectivity index is -0.0000000600. The average molecular weight is 157 g/mol. The first-order valence-electron chi connectivity index (χ1n) is 1.03. The van der Waals surface area contributed by atoms with E-state index in [1.165, 1.54) is 0 Å². The van der Waals surface area contributed by atoms with E-state index in [-0.39, 0.29) is 13.0 Å². The quantitative estimate of drug-likeness (QED) is 0.401. The number of hydrogen-bond donors (Lipinski definition) is 2. The second-order valence-electron chi connectivity index (χ2n) is 0.502. The van der Waals surface area contributed by atoms with Gasteiger partial charge in [-0.05, 0) is 0 Å². The molecule has 0 rings (SSSR count). The predicted octanol–water partition coefficient (Wildman–Crippen LogP) is -0.879. The van der Waals surface area contributed by atoms with Gasteiger partial charge < -0.3 is 2.85 Å². The van der Waals surface area contributed by atoms with E-state index in [4.69, 9.17) is 9.11 Å². The monoisotopic (exact) mass is 157 g/mol. The van der Waals surface area contributed by atoms with E-state index in [0.717, 1.165) is 0 Å². The van der Waals surface area contributed by atoms with Gasteiger partial charge in [0.05, 0.1) is 0 Å². The Morgan fingerprint density at radius 1 is 1.25 bits per heavy atom. The minimum Gasteiger partial charge on any atom is -1.00 e. The summed E-state index contributed by atoms with van der Waals surface area (Å²) in [6.07, 6.45) is 0. The molecule has 0 radical (unpaired) electrons. The number of hydrogen-bond acceptors (Lipinski definition) is 3. The zero-order valence-electron chi connectivity index (χ0n) is 5.64. The molecule has 0 amide bonds. The maximum Gasteiger partial charge on any atom is 2.00 e. The van der Waals surface area contributed by atoms with Crippen LogP contribution in [-0.2, 0) is 26.4 Å². The van der Waals surface area contributed by atoms with Gasteiger partial charge in [0.25, 0.3) is 0 Å². The van der Waals surface area contributed by atoms with Gasteiger partial charge in [-0.15, -0.1) is 3.63 Å². The minimum atomic E-state index is -2.65. The normalized spacial score (nSPS) is 16.2. The third kappa shape index (κ3) is 9.60. The molecule has 0 saturated carbocycles. The zero-order valence-corrected chi connectivity index (χ0v) is 5.28. The topological polar surface area (TPSA) is 83.8 Å². The van der Waals surface area contributed by atoms with Gasteiger partial charge in [0.1, 0.15) is 0 Å². The maximum atomic E-state index is 9.35. The summed E-state index contributed by atoms with van der Waals surface area (Å²) in [5, 5.41) is 0. The Hall–Kier alpha value is 0.349. The van der Waals surface area contributed by atoms with Gasteiger partial charge >= 0.3 is 32.8 Å². The Bertz CT molecular complexity index is 93.8. The van der Waals surface area contributed by atoms with Crippen molar-refractivity contribution in [3.63, 3.8) is 0 Å². The summed E-state index contributed by atoms with van der Waals surface area (Å²) < 4.78 is 37.2. The van der Waals surface area contributed by atoms with Gasteiger partial charge in [-0.3, -0.25) is 9.11 Å². The smallest absolute Gasteiger partial charge is 1.00 e. The molecule has 0 aromatic carbocycles. The van der Waals surface area contributed by atoms with Crippen molar-refractivity contribution in [1.29, 1.82) is 0 Å². The molecule has 0 aliphatic heterocycles. The summed E-state index contributed by atoms with van der Waals surface area (Å²) >= 11 is -5.29. The fourth-order valence-corrected chi connectivity index (χ4v) is 0.448. The van der Waals surface area contributed by atoms with E-state index in [1.54, 1.807) is 0 Å². The standard InChI is InChI=1S/Be.H2O5S2.2H/c;1-6(2)5-7(3)4;;/h;(H,1,2)(H,3,4);;/q+2;;2*-1. The van der Waals surface area contributed by atoms with Crippen molar-refractivity contribution in [2.24, 2.45) is 0 Å². The summed E-state index contributed by atoms with van der Waals surface area (Å²) in [4.78, 5) is 0. The Labute approximate surface area is 57.6 Å². The Morgan fingerprint density at radius 2 is 1.50 bits per heavy atom. The van der Waals surface area contributed by atoms with Crippen LogP contribution in [0.5, 0.6) is 0 Å². The average Bonchev–Trinajstić information content (AvgIpc) is 1.27. The summed E-state index contributed by atoms with van der Waals surface area (Å²) in [6.45, 7) is 0. The Kier molecular flexibility index (Phi) is 7.67. The van der Waals surface area contributed by atoms with Crippen LogP contribution in [0.4, 0.5) is 0 Å². The van der Waals surface area contributed by atoms with E-state index in [0.29, 0.717) is 0 Å². The van der Waals surface area contributed by atoms with Crippen LogP contribution in [-0.4, -0.2) is 27.6 Å². The first kappa shape index (κ1) is 11.2. The molecule has 8 heteroatoms. The van der Waals surface area contributed by atoms with Gasteiger partial charge in [0, 0.05) is 0 Å². The van der Waals surface area contributed by atoms with Crippen LogP contribution in [0.15, 0.2) is 0 Å². The van der Waals surface area contributed by atoms with Crippen molar-refractivity contribution < 1.29 is 24.0 Å². The molecule has 0 heterocycles. The van der Waals surface area contributed by atoms with Crippen molar-refractivity contribution in [3.8, 4) is 0 Å². The van der Waals surface area contributed by atoms with Crippen LogP contribution in [0.2, 0.25) is 0 Å². The molecule has 0 atom stereocenters. The van der Waals surface area contributed by atoms with Gasteiger partial charge in [-0.1, -0.05) is 0 Å². The van der Waals surface area contributed by atoms with Crippen LogP contribution in [0, 0.1) is 0 Å². The summed E-state index contributed by atoms with van der Waals surface area (Å²) in [5.74, 6) is 0. The SMILES string of the molecule is O=S(O)OS(=O)O.[Be+2].[H-].[H-]. The molecule has 0 aliphatic rings. The van der Waals surface area contributed by atoms with E-state index >= 15 is 0 Å². The molecule has 5 nitrogen and oxygen atoms in total. The van der Waals surface area contributed by atoms with Crippen LogP contribution >= 0.6 is 0 Å². The molecular weight excluding hydrogens is 153 g/mol. The zero-order chi connectivity index (χ0) is 5.86. The van der Waals surface area contributed by atoms with Crippen molar-refractivity contribution >= 4 is 32.8 Å². The van der Waals surface area contributed by atoms with E-state index in [1.807, 2.05) is 0 Å². The number of rotatable bonds is 2. The van der Waals surface area contributed by atoms with Gasteiger partial charge in [0.2, 0.25) is 0 Å².